The number of aliphatic hydroxyl groups excluding tert-OH is 1. The van der Waals surface area contributed by atoms with Crippen molar-refractivity contribution in [2.75, 3.05) is 26.2 Å². The lowest BCUT2D eigenvalue weighted by atomic mass is 9.63. The molecule has 0 saturated carbocycles. The molecular weight excluding hydrogens is 402 g/mol. The fourth-order valence-corrected chi connectivity index (χ4v) is 6.11. The molecule has 1 fully saturated rings. The van der Waals surface area contributed by atoms with Gasteiger partial charge in [0.25, 0.3) is 0 Å². The van der Waals surface area contributed by atoms with E-state index in [1.807, 2.05) is 0 Å². The number of nitrogens with zero attached hydrogens (tertiary/aromatic N) is 3. The lowest BCUT2D eigenvalue weighted by molar-refractivity contribution is 0.205. The van der Waals surface area contributed by atoms with Crippen molar-refractivity contribution in [2.45, 2.75) is 89.4 Å². The van der Waals surface area contributed by atoms with Crippen molar-refractivity contribution < 1.29 is 5.11 Å². The number of aliphatic hydroxyl groups is 1. The Bertz CT molecular complexity index is 881. The van der Waals surface area contributed by atoms with E-state index < -0.39 is 0 Å². The maximum Gasteiger partial charge on any atom is 0.173 e. The van der Waals surface area contributed by atoms with Gasteiger partial charge in [-0.1, -0.05) is 39.8 Å². The van der Waals surface area contributed by atoms with Crippen molar-refractivity contribution >= 4 is 11.5 Å². The molecular formula is C26H39N3OS. The molecule has 1 aliphatic carbocycles. The van der Waals surface area contributed by atoms with Gasteiger partial charge in [0.1, 0.15) is 5.01 Å². The number of benzene rings is 1. The SMILES string of the molecule is CC1(C)CCC(C)(C)c2cc(-c3nsc(C4CCN(CCCCCO)CC4)n3)ccc21. The summed E-state index contributed by atoms with van der Waals surface area (Å²) in [7, 11) is 0. The molecule has 4 nitrogen and oxygen atoms in total. The Balaban J connectivity index is 1.43. The number of piperidine rings is 1. The number of likely N-dealkylation sites (tertiary alicyclic amines) is 1. The van der Waals surface area contributed by atoms with Crippen LogP contribution in [0.2, 0.25) is 0 Å². The van der Waals surface area contributed by atoms with E-state index in [0.29, 0.717) is 12.5 Å². The molecule has 0 spiro atoms. The Labute approximate surface area is 192 Å². The number of aromatic nitrogens is 2. The first kappa shape index (κ1) is 22.9. The molecule has 0 amide bonds. The van der Waals surface area contributed by atoms with E-state index in [1.165, 1.54) is 53.8 Å². The number of hydrogen-bond acceptors (Lipinski definition) is 5. The van der Waals surface area contributed by atoms with Crippen LogP contribution in [-0.2, 0) is 10.8 Å². The summed E-state index contributed by atoms with van der Waals surface area (Å²) < 4.78 is 4.78. The Kier molecular flexibility index (Phi) is 6.85. The molecule has 0 bridgehead atoms. The van der Waals surface area contributed by atoms with Gasteiger partial charge in [-0.25, -0.2) is 4.98 Å². The van der Waals surface area contributed by atoms with Gasteiger partial charge in [0.2, 0.25) is 0 Å². The average Bonchev–Trinajstić information content (AvgIpc) is 3.25. The van der Waals surface area contributed by atoms with Crippen molar-refractivity contribution in [1.29, 1.82) is 0 Å². The van der Waals surface area contributed by atoms with Gasteiger partial charge in [0, 0.05) is 18.1 Å². The highest BCUT2D eigenvalue weighted by molar-refractivity contribution is 7.05. The Morgan fingerprint density at radius 1 is 1.00 bits per heavy atom. The van der Waals surface area contributed by atoms with Crippen LogP contribution in [0.4, 0.5) is 0 Å². The van der Waals surface area contributed by atoms with E-state index in [0.717, 1.165) is 38.3 Å². The fraction of sp³-hybridized carbons (Fsp3) is 0.692. The molecule has 31 heavy (non-hydrogen) atoms. The van der Waals surface area contributed by atoms with E-state index in [1.54, 1.807) is 11.5 Å². The van der Waals surface area contributed by atoms with E-state index in [4.69, 9.17) is 14.5 Å². The van der Waals surface area contributed by atoms with Gasteiger partial charge in [-0.05, 0) is 104 Å². The molecule has 1 aromatic carbocycles. The first-order valence-corrected chi connectivity index (χ1v) is 12.9. The number of hydrogen-bond donors (Lipinski definition) is 1. The molecule has 1 aliphatic heterocycles. The monoisotopic (exact) mass is 441 g/mol. The van der Waals surface area contributed by atoms with Gasteiger partial charge in [-0.2, -0.15) is 4.37 Å². The van der Waals surface area contributed by atoms with Crippen LogP contribution in [-0.4, -0.2) is 45.6 Å². The summed E-state index contributed by atoms with van der Waals surface area (Å²) >= 11 is 1.61. The molecule has 5 heteroatoms. The molecule has 0 atom stereocenters. The van der Waals surface area contributed by atoms with Gasteiger partial charge >= 0.3 is 0 Å². The molecule has 0 radical (unpaired) electrons. The fourth-order valence-electron chi connectivity index (χ4n) is 5.27. The second-order valence-electron chi connectivity index (χ2n) is 10.9. The topological polar surface area (TPSA) is 49.2 Å². The second-order valence-corrected chi connectivity index (χ2v) is 11.7. The predicted octanol–water partition coefficient (Wildman–Crippen LogP) is 5.90. The summed E-state index contributed by atoms with van der Waals surface area (Å²) in [5, 5.41) is 10.1. The van der Waals surface area contributed by atoms with Crippen molar-refractivity contribution in [1.82, 2.24) is 14.3 Å². The molecule has 2 aromatic rings. The van der Waals surface area contributed by atoms with E-state index in [9.17, 15) is 0 Å². The zero-order valence-corrected chi connectivity index (χ0v) is 20.6. The minimum absolute atomic E-state index is 0.212. The van der Waals surface area contributed by atoms with Gasteiger partial charge in [-0.15, -0.1) is 0 Å². The predicted molar refractivity (Wildman–Crippen MR) is 130 cm³/mol. The maximum absolute atomic E-state index is 8.93. The van der Waals surface area contributed by atoms with Crippen LogP contribution in [0.15, 0.2) is 18.2 Å². The summed E-state index contributed by atoms with van der Waals surface area (Å²) in [5.74, 6) is 1.46. The van der Waals surface area contributed by atoms with Crippen LogP contribution in [0.3, 0.4) is 0 Å². The summed E-state index contributed by atoms with van der Waals surface area (Å²) in [6.45, 7) is 13.3. The van der Waals surface area contributed by atoms with Crippen molar-refractivity contribution in [2.24, 2.45) is 0 Å². The van der Waals surface area contributed by atoms with Crippen molar-refractivity contribution in [3.63, 3.8) is 0 Å². The maximum atomic E-state index is 8.93. The molecule has 170 valence electrons. The third-order valence-corrected chi connectivity index (χ3v) is 8.50. The Morgan fingerprint density at radius 3 is 2.42 bits per heavy atom. The summed E-state index contributed by atoms with van der Waals surface area (Å²) in [5.41, 5.74) is 4.61. The molecule has 1 N–H and O–H groups in total. The lowest BCUT2D eigenvalue weighted by Gasteiger charge is -2.42. The van der Waals surface area contributed by atoms with Crippen LogP contribution in [0, 0.1) is 0 Å². The highest BCUT2D eigenvalue weighted by Crippen LogP contribution is 2.46. The highest BCUT2D eigenvalue weighted by atomic mass is 32.1. The van der Waals surface area contributed by atoms with Gasteiger partial charge in [-0.3, -0.25) is 0 Å². The molecule has 1 saturated heterocycles. The molecule has 4 rings (SSSR count). The van der Waals surface area contributed by atoms with E-state index in [2.05, 4.69) is 50.8 Å². The number of rotatable bonds is 7. The van der Waals surface area contributed by atoms with Crippen LogP contribution in [0.5, 0.6) is 0 Å². The lowest BCUT2D eigenvalue weighted by Crippen LogP contribution is -2.33. The zero-order chi connectivity index (χ0) is 22.1. The minimum Gasteiger partial charge on any atom is -0.396 e. The Hall–Kier alpha value is -1.30. The smallest absolute Gasteiger partial charge is 0.173 e. The number of unbranched alkanes of at least 4 members (excludes halogenated alkanes) is 2. The van der Waals surface area contributed by atoms with Crippen molar-refractivity contribution in [3.8, 4) is 11.4 Å². The highest BCUT2D eigenvalue weighted by Gasteiger charge is 2.37. The Morgan fingerprint density at radius 2 is 1.71 bits per heavy atom. The average molecular weight is 442 g/mol. The normalized spacial score (nSPS) is 21.2. The molecule has 0 unspecified atom stereocenters. The van der Waals surface area contributed by atoms with E-state index in [-0.39, 0.29) is 10.8 Å². The van der Waals surface area contributed by atoms with Crippen LogP contribution < -0.4 is 0 Å². The van der Waals surface area contributed by atoms with Crippen molar-refractivity contribution in [3.05, 3.63) is 34.3 Å². The molecule has 2 heterocycles. The third kappa shape index (κ3) is 5.04. The van der Waals surface area contributed by atoms with Crippen LogP contribution in [0.25, 0.3) is 11.4 Å². The quantitative estimate of drug-likeness (QED) is 0.544. The molecule has 2 aliphatic rings. The van der Waals surface area contributed by atoms with Gasteiger partial charge < -0.3 is 10.0 Å². The van der Waals surface area contributed by atoms with Gasteiger partial charge in [0.15, 0.2) is 5.82 Å². The summed E-state index contributed by atoms with van der Waals surface area (Å²) in [6.07, 6.45) is 8.09. The zero-order valence-electron chi connectivity index (χ0n) is 19.8. The van der Waals surface area contributed by atoms with E-state index >= 15 is 0 Å². The van der Waals surface area contributed by atoms with Crippen LogP contribution >= 0.6 is 11.5 Å². The minimum atomic E-state index is 0.212. The number of fused-ring (bicyclic) bond motifs is 1. The van der Waals surface area contributed by atoms with Crippen LogP contribution in [0.1, 0.15) is 94.7 Å². The standard InChI is InChI=1S/C26H39N3OS/c1-25(2)12-13-26(3,4)22-18-20(8-9-21(22)25)23-27-24(31-28-23)19-10-15-29(16-11-19)14-6-5-7-17-30/h8-9,18-19,30H,5-7,10-17H2,1-4H3. The third-order valence-electron chi connectivity index (χ3n) is 7.62. The summed E-state index contributed by atoms with van der Waals surface area (Å²) in [4.78, 5) is 7.58. The van der Waals surface area contributed by atoms with Gasteiger partial charge in [0.05, 0.1) is 0 Å². The first-order valence-electron chi connectivity index (χ1n) is 12.1. The molecule has 1 aromatic heterocycles. The first-order chi connectivity index (χ1) is 14.8. The second kappa shape index (κ2) is 9.29. The largest absolute Gasteiger partial charge is 0.396 e. The summed E-state index contributed by atoms with van der Waals surface area (Å²) in [6, 6.07) is 6.95.